The number of benzene rings is 2. The van der Waals surface area contributed by atoms with Gasteiger partial charge in [0.1, 0.15) is 0 Å². The molecule has 1 saturated heterocycles. The standard InChI is InChI=1S/C29H32N2O7S/c1-19-8-10-25-22(15-19)30(12-6-14-39(34,35)36)27(37-25)17-21(3)18-28-31(13-5-4-7-23(31)29(32)33)24-16-20(2)9-11-26(24)38-28/h8-11,15-18,23H,4-7,12-14H2,1-3H3/p+1. The van der Waals surface area contributed by atoms with Crippen LogP contribution in [0.1, 0.15) is 49.6 Å². The molecule has 1 aromatic heterocycles. The number of rotatable bonds is 7. The maximum Gasteiger partial charge on any atom is 0.374 e. The molecule has 1 fully saturated rings. The fourth-order valence-electron chi connectivity index (χ4n) is 5.80. The lowest BCUT2D eigenvalue weighted by atomic mass is 9.96. The van der Waals surface area contributed by atoms with Crippen LogP contribution in [-0.4, -0.2) is 42.4 Å². The summed E-state index contributed by atoms with van der Waals surface area (Å²) in [6.07, 6.45) is 6.14. The van der Waals surface area contributed by atoms with E-state index in [-0.39, 0.29) is 17.4 Å². The molecule has 9 nitrogen and oxygen atoms in total. The number of hydrogen-bond donors (Lipinski definition) is 1. The number of nitrogens with zero attached hydrogens (tertiary/aromatic N) is 2. The molecule has 2 unspecified atom stereocenters. The molecule has 0 bridgehead atoms. The van der Waals surface area contributed by atoms with Gasteiger partial charge in [-0.3, -0.25) is 0 Å². The number of carboxylic acid groups (broad SMARTS) is 1. The zero-order valence-electron chi connectivity index (χ0n) is 22.3. The number of aliphatic carboxylic acids is 1. The second-order valence-electron chi connectivity index (χ2n) is 10.6. The van der Waals surface area contributed by atoms with Crippen molar-refractivity contribution >= 4 is 39.0 Å². The van der Waals surface area contributed by atoms with Crippen LogP contribution >= 0.6 is 0 Å². The summed E-state index contributed by atoms with van der Waals surface area (Å²) in [7, 11) is -4.33. The Labute approximate surface area is 228 Å². The highest BCUT2D eigenvalue weighted by Crippen LogP contribution is 2.50. The number of fused-ring (bicyclic) bond motifs is 3. The zero-order valence-corrected chi connectivity index (χ0v) is 23.2. The Morgan fingerprint density at radius 3 is 2.67 bits per heavy atom. The zero-order chi connectivity index (χ0) is 27.9. The summed E-state index contributed by atoms with van der Waals surface area (Å²) in [6, 6.07) is 11.0. The van der Waals surface area contributed by atoms with E-state index in [2.05, 4.69) is 0 Å². The van der Waals surface area contributed by atoms with E-state index >= 15 is 0 Å². The lowest BCUT2D eigenvalue weighted by molar-refractivity contribution is -0.677. The number of quaternary nitrogens is 1. The summed E-state index contributed by atoms with van der Waals surface area (Å²) < 4.78 is 48.1. The Kier molecular flexibility index (Phi) is 7.13. The van der Waals surface area contributed by atoms with Crippen LogP contribution in [0, 0.1) is 13.8 Å². The minimum absolute atomic E-state index is 0.137. The quantitative estimate of drug-likeness (QED) is 0.259. The third-order valence-electron chi connectivity index (χ3n) is 7.57. The molecule has 10 heteroatoms. The molecule has 1 N–H and O–H groups in total. The van der Waals surface area contributed by atoms with Crippen molar-refractivity contribution in [2.75, 3.05) is 12.3 Å². The molecule has 2 atom stereocenters. The highest BCUT2D eigenvalue weighted by Gasteiger charge is 2.55. The predicted octanol–water partition coefficient (Wildman–Crippen LogP) is 4.55. The molecule has 0 aliphatic carbocycles. The van der Waals surface area contributed by atoms with Gasteiger partial charge in [-0.25, -0.2) is 17.7 Å². The lowest BCUT2D eigenvalue weighted by Gasteiger charge is -2.40. The highest BCUT2D eigenvalue weighted by atomic mass is 32.2. The van der Waals surface area contributed by atoms with Crippen LogP contribution in [0.4, 0.5) is 5.69 Å². The summed E-state index contributed by atoms with van der Waals surface area (Å²) >= 11 is 0. The second kappa shape index (κ2) is 10.3. The molecule has 0 radical (unpaired) electrons. The number of carboxylic acids is 1. The molecule has 5 rings (SSSR count). The van der Waals surface area contributed by atoms with Crippen molar-refractivity contribution in [1.82, 2.24) is 4.48 Å². The number of hydrogen-bond acceptors (Lipinski definition) is 6. The number of allylic oxidation sites excluding steroid dienone is 2. The van der Waals surface area contributed by atoms with E-state index in [0.29, 0.717) is 36.1 Å². The van der Waals surface area contributed by atoms with E-state index in [1.165, 1.54) is 0 Å². The van der Waals surface area contributed by atoms with Gasteiger partial charge in [-0.1, -0.05) is 12.1 Å². The van der Waals surface area contributed by atoms with Gasteiger partial charge in [0, 0.05) is 36.8 Å². The third kappa shape index (κ3) is 5.24. The normalized spacial score (nSPS) is 22.4. The van der Waals surface area contributed by atoms with E-state index in [0.717, 1.165) is 40.7 Å². The molecule has 3 aromatic rings. The summed E-state index contributed by atoms with van der Waals surface area (Å²) in [5.74, 6) is 0.416. The fourth-order valence-corrected chi connectivity index (χ4v) is 6.28. The van der Waals surface area contributed by atoms with E-state index in [1.54, 1.807) is 0 Å². The Bertz CT molecular complexity index is 1620. The molecule has 2 aliphatic heterocycles. The lowest BCUT2D eigenvalue weighted by Crippen LogP contribution is -2.60. The Hall–Kier alpha value is -3.47. The largest absolute Gasteiger partial charge is 0.748 e. The summed E-state index contributed by atoms with van der Waals surface area (Å²) in [5.41, 5.74) is 5.15. The van der Waals surface area contributed by atoms with E-state index in [4.69, 9.17) is 9.15 Å². The number of piperidine rings is 1. The average Bonchev–Trinajstić information content (AvgIpc) is 3.33. The number of ether oxygens (including phenoxy) is 1. The number of aryl methyl sites for hydroxylation is 3. The molecule has 3 heterocycles. The molecule has 0 amide bonds. The Balaban J connectivity index is 1.59. The predicted molar refractivity (Wildman–Crippen MR) is 146 cm³/mol. The van der Waals surface area contributed by atoms with Gasteiger partial charge in [0.2, 0.25) is 5.58 Å². The van der Waals surface area contributed by atoms with Gasteiger partial charge in [-0.2, -0.15) is 4.57 Å². The molecule has 0 saturated carbocycles. The van der Waals surface area contributed by atoms with Gasteiger partial charge >= 0.3 is 17.7 Å². The Morgan fingerprint density at radius 1 is 1.18 bits per heavy atom. The smallest absolute Gasteiger partial charge is 0.374 e. The van der Waals surface area contributed by atoms with Crippen molar-refractivity contribution in [2.45, 2.75) is 59.0 Å². The highest BCUT2D eigenvalue weighted by molar-refractivity contribution is 7.85. The van der Waals surface area contributed by atoms with Crippen molar-refractivity contribution in [2.24, 2.45) is 0 Å². The monoisotopic (exact) mass is 553 g/mol. The van der Waals surface area contributed by atoms with Gasteiger partial charge < -0.3 is 18.8 Å². The van der Waals surface area contributed by atoms with Crippen molar-refractivity contribution in [3.63, 3.8) is 0 Å². The molecule has 2 aromatic carbocycles. The van der Waals surface area contributed by atoms with Crippen molar-refractivity contribution < 1.29 is 36.6 Å². The van der Waals surface area contributed by atoms with Crippen molar-refractivity contribution in [1.29, 1.82) is 0 Å². The van der Waals surface area contributed by atoms with E-state index in [1.807, 2.05) is 73.9 Å². The fraction of sp³-hybridized carbons (Fsp3) is 0.379. The van der Waals surface area contributed by atoms with Gasteiger partial charge in [0.25, 0.3) is 5.52 Å². The average molecular weight is 554 g/mol. The van der Waals surface area contributed by atoms with Crippen LogP contribution in [0.5, 0.6) is 5.75 Å². The van der Waals surface area contributed by atoms with Crippen LogP contribution in [0.15, 0.2) is 58.3 Å². The van der Waals surface area contributed by atoms with Crippen LogP contribution in [0.25, 0.3) is 17.2 Å². The van der Waals surface area contributed by atoms with Crippen LogP contribution in [-0.2, 0) is 21.5 Å². The first-order chi connectivity index (χ1) is 18.5. The first-order valence-corrected chi connectivity index (χ1v) is 14.7. The van der Waals surface area contributed by atoms with Crippen molar-refractivity contribution in [3.8, 4) is 5.75 Å². The van der Waals surface area contributed by atoms with E-state index in [9.17, 15) is 22.9 Å². The molecule has 206 valence electrons. The maximum absolute atomic E-state index is 12.5. The maximum atomic E-state index is 12.5. The second-order valence-corrected chi connectivity index (χ2v) is 12.1. The number of oxazole rings is 1. The first kappa shape index (κ1) is 27.1. The third-order valence-corrected chi connectivity index (χ3v) is 8.36. The SMILES string of the molecule is CC(=Cc1oc2ccc(C)cc2[n+]1CCCS(=O)(=O)[O-])C=C1Oc2ccc(C)cc2[N+]12CCCCC2C(=O)O. The van der Waals surface area contributed by atoms with Gasteiger partial charge in [-0.05, 0) is 62.4 Å². The van der Waals surface area contributed by atoms with Crippen molar-refractivity contribution in [3.05, 3.63) is 70.9 Å². The first-order valence-electron chi connectivity index (χ1n) is 13.1. The van der Waals surface area contributed by atoms with Gasteiger partial charge in [-0.15, -0.1) is 0 Å². The number of carbonyl (C=O) groups is 1. The summed E-state index contributed by atoms with van der Waals surface area (Å²) in [5, 5.41) is 10.2. The molecule has 39 heavy (non-hydrogen) atoms. The minimum atomic E-state index is -4.33. The van der Waals surface area contributed by atoms with Crippen LogP contribution < -0.4 is 13.8 Å². The van der Waals surface area contributed by atoms with Crippen LogP contribution in [0.3, 0.4) is 0 Å². The number of aromatic nitrogens is 1. The topological polar surface area (TPSA) is 121 Å². The molecule has 2 aliphatic rings. The van der Waals surface area contributed by atoms with E-state index < -0.39 is 27.9 Å². The molecular weight excluding hydrogens is 520 g/mol. The summed E-state index contributed by atoms with van der Waals surface area (Å²) in [4.78, 5) is 12.5. The summed E-state index contributed by atoms with van der Waals surface area (Å²) in [6.45, 7) is 6.76. The Morgan fingerprint density at radius 2 is 1.92 bits per heavy atom. The minimum Gasteiger partial charge on any atom is -0.748 e. The van der Waals surface area contributed by atoms with Gasteiger partial charge in [0.15, 0.2) is 24.0 Å². The molecular formula is C29H33N2O7S+. The van der Waals surface area contributed by atoms with Gasteiger partial charge in [0.05, 0.1) is 22.7 Å². The molecule has 1 spiro atoms. The van der Waals surface area contributed by atoms with Crippen LogP contribution in [0.2, 0.25) is 0 Å².